The van der Waals surface area contributed by atoms with Crippen molar-refractivity contribution in [2.45, 2.75) is 6.92 Å². The lowest BCUT2D eigenvalue weighted by atomic mass is 10.3. The van der Waals surface area contributed by atoms with Gasteiger partial charge in [-0.05, 0) is 31.3 Å². The maximum atomic E-state index is 11.3. The van der Waals surface area contributed by atoms with Gasteiger partial charge in [-0.15, -0.1) is 0 Å². The first-order valence-electron chi connectivity index (χ1n) is 4.92. The zero-order chi connectivity index (χ0) is 13.7. The van der Waals surface area contributed by atoms with Crippen molar-refractivity contribution in [1.29, 1.82) is 0 Å². The number of non-ortho nitro benzene ring substituents is 1. The lowest BCUT2D eigenvalue weighted by Crippen LogP contribution is -2.34. The quantitative estimate of drug-likeness (QED) is 0.378. The number of nitro groups is 1. The molecule has 0 radical (unpaired) electrons. The van der Waals surface area contributed by atoms with Crippen LogP contribution in [0.4, 0.5) is 11.4 Å². The fourth-order valence-electron chi connectivity index (χ4n) is 1.04. The number of hydrogen-bond acceptors (Lipinski definition) is 4. The smallest absolute Gasteiger partial charge is 0.269 e. The molecule has 0 heterocycles. The zero-order valence-corrected chi connectivity index (χ0v) is 10.4. The summed E-state index contributed by atoms with van der Waals surface area (Å²) in [6.45, 7) is 5.03. The van der Waals surface area contributed by atoms with E-state index in [1.54, 1.807) is 6.92 Å². The molecule has 1 aromatic rings. The molecule has 0 saturated heterocycles. The Hall–Kier alpha value is -2.28. The molecule has 2 N–H and O–H groups in total. The number of nitrogens with one attached hydrogen (secondary N) is 2. The van der Waals surface area contributed by atoms with Gasteiger partial charge in [-0.3, -0.25) is 20.2 Å². The number of thiocarbonyl (C=S) groups is 1. The number of nitrogens with zero attached hydrogens (tertiary/aromatic N) is 1. The third kappa shape index (κ3) is 3.95. The van der Waals surface area contributed by atoms with Gasteiger partial charge in [0, 0.05) is 23.4 Å². The van der Waals surface area contributed by atoms with E-state index in [2.05, 4.69) is 17.2 Å². The first kappa shape index (κ1) is 13.8. The van der Waals surface area contributed by atoms with Crippen LogP contribution in [0.15, 0.2) is 36.4 Å². The Kier molecular flexibility index (Phi) is 4.50. The van der Waals surface area contributed by atoms with Gasteiger partial charge in [0.1, 0.15) is 0 Å². The number of carbonyl (C=O) groups is 1. The van der Waals surface area contributed by atoms with Crippen LogP contribution in [-0.4, -0.2) is 15.9 Å². The number of rotatable bonds is 3. The Bertz CT molecular complexity index is 511. The van der Waals surface area contributed by atoms with Crippen LogP contribution < -0.4 is 10.6 Å². The summed E-state index contributed by atoms with van der Waals surface area (Å²) in [7, 11) is 0. The highest BCUT2D eigenvalue weighted by Gasteiger charge is 2.07. The molecule has 1 amide bonds. The highest BCUT2D eigenvalue weighted by atomic mass is 32.1. The van der Waals surface area contributed by atoms with Gasteiger partial charge in [-0.1, -0.05) is 6.58 Å². The molecule has 0 atom stereocenters. The van der Waals surface area contributed by atoms with Crippen molar-refractivity contribution in [3.63, 3.8) is 0 Å². The van der Waals surface area contributed by atoms with Crippen LogP contribution in [0.1, 0.15) is 6.92 Å². The Labute approximate surface area is 109 Å². The minimum Gasteiger partial charge on any atom is -0.332 e. The van der Waals surface area contributed by atoms with Gasteiger partial charge in [0.25, 0.3) is 11.6 Å². The van der Waals surface area contributed by atoms with Gasteiger partial charge in [0.2, 0.25) is 0 Å². The molecule has 18 heavy (non-hydrogen) atoms. The molecule has 0 bridgehead atoms. The molecule has 1 rings (SSSR count). The summed E-state index contributed by atoms with van der Waals surface area (Å²) in [4.78, 5) is 21.2. The van der Waals surface area contributed by atoms with Crippen molar-refractivity contribution < 1.29 is 9.72 Å². The van der Waals surface area contributed by atoms with Crippen LogP contribution in [0.25, 0.3) is 0 Å². The molecular formula is C11H11N3O3S. The van der Waals surface area contributed by atoms with Crippen molar-refractivity contribution >= 4 is 34.6 Å². The summed E-state index contributed by atoms with van der Waals surface area (Å²) in [5.74, 6) is -0.380. The molecule has 7 heteroatoms. The Morgan fingerprint density at radius 3 is 2.39 bits per heavy atom. The summed E-state index contributed by atoms with van der Waals surface area (Å²) in [6, 6.07) is 5.67. The summed E-state index contributed by atoms with van der Waals surface area (Å²) in [6.07, 6.45) is 0. The average molecular weight is 265 g/mol. The number of nitro benzene ring substituents is 1. The van der Waals surface area contributed by atoms with E-state index in [1.165, 1.54) is 24.3 Å². The minimum atomic E-state index is -0.495. The number of anilines is 1. The van der Waals surface area contributed by atoms with Gasteiger partial charge >= 0.3 is 0 Å². The van der Waals surface area contributed by atoms with Crippen LogP contribution in [0.2, 0.25) is 0 Å². The van der Waals surface area contributed by atoms with Crippen molar-refractivity contribution in [2.24, 2.45) is 0 Å². The molecule has 0 aromatic heterocycles. The fraction of sp³-hybridized carbons (Fsp3) is 0.0909. The van der Waals surface area contributed by atoms with E-state index in [9.17, 15) is 14.9 Å². The second-order valence-corrected chi connectivity index (χ2v) is 3.90. The van der Waals surface area contributed by atoms with E-state index >= 15 is 0 Å². The van der Waals surface area contributed by atoms with Crippen LogP contribution >= 0.6 is 12.2 Å². The van der Waals surface area contributed by atoms with Crippen LogP contribution in [-0.2, 0) is 4.79 Å². The molecule has 0 saturated carbocycles. The lowest BCUT2D eigenvalue weighted by Gasteiger charge is -2.08. The van der Waals surface area contributed by atoms with E-state index in [0.717, 1.165) is 0 Å². The van der Waals surface area contributed by atoms with E-state index in [1.807, 2.05) is 0 Å². The molecule has 6 nitrogen and oxygen atoms in total. The highest BCUT2D eigenvalue weighted by molar-refractivity contribution is 7.80. The highest BCUT2D eigenvalue weighted by Crippen LogP contribution is 2.15. The van der Waals surface area contributed by atoms with E-state index in [4.69, 9.17) is 12.2 Å². The predicted molar refractivity (Wildman–Crippen MR) is 72.3 cm³/mol. The molecule has 0 aliphatic heterocycles. The monoisotopic (exact) mass is 265 g/mol. The third-order valence-electron chi connectivity index (χ3n) is 1.95. The number of benzene rings is 1. The Morgan fingerprint density at radius 2 is 1.94 bits per heavy atom. The number of carbonyl (C=O) groups excluding carboxylic acids is 1. The molecule has 0 unspecified atom stereocenters. The van der Waals surface area contributed by atoms with E-state index in [-0.39, 0.29) is 16.7 Å². The topological polar surface area (TPSA) is 84.3 Å². The average Bonchev–Trinajstić information content (AvgIpc) is 2.29. The van der Waals surface area contributed by atoms with Crippen LogP contribution in [0, 0.1) is 10.1 Å². The van der Waals surface area contributed by atoms with Crippen molar-refractivity contribution in [1.82, 2.24) is 5.32 Å². The molecule has 1 aromatic carbocycles. The minimum absolute atomic E-state index is 0.0163. The molecule has 0 spiro atoms. The lowest BCUT2D eigenvalue weighted by molar-refractivity contribution is -0.384. The van der Waals surface area contributed by atoms with E-state index < -0.39 is 4.92 Å². The summed E-state index contributed by atoms with van der Waals surface area (Å²) >= 11 is 4.90. The maximum Gasteiger partial charge on any atom is 0.269 e. The summed E-state index contributed by atoms with van der Waals surface area (Å²) < 4.78 is 0. The van der Waals surface area contributed by atoms with Crippen molar-refractivity contribution in [3.05, 3.63) is 46.5 Å². The second kappa shape index (κ2) is 5.87. The molecule has 0 fully saturated rings. The van der Waals surface area contributed by atoms with Crippen molar-refractivity contribution in [3.8, 4) is 0 Å². The van der Waals surface area contributed by atoms with Crippen LogP contribution in [0.5, 0.6) is 0 Å². The SMILES string of the molecule is C=C(C)C(=O)NC(=S)Nc1ccc([N+](=O)[O-])cc1. The number of hydrogen-bond donors (Lipinski definition) is 2. The van der Waals surface area contributed by atoms with Gasteiger partial charge in [0.05, 0.1) is 4.92 Å². The van der Waals surface area contributed by atoms with Crippen molar-refractivity contribution in [2.75, 3.05) is 5.32 Å². The fourth-order valence-corrected chi connectivity index (χ4v) is 1.25. The second-order valence-electron chi connectivity index (χ2n) is 3.49. The molecule has 0 aliphatic rings. The zero-order valence-electron chi connectivity index (χ0n) is 9.60. The predicted octanol–water partition coefficient (Wildman–Crippen LogP) is 1.98. The van der Waals surface area contributed by atoms with Gasteiger partial charge < -0.3 is 5.32 Å². The Balaban J connectivity index is 2.62. The summed E-state index contributed by atoms with van der Waals surface area (Å²) in [5.41, 5.74) is 0.868. The van der Waals surface area contributed by atoms with Gasteiger partial charge in [0.15, 0.2) is 5.11 Å². The van der Waals surface area contributed by atoms with Gasteiger partial charge in [-0.25, -0.2) is 0 Å². The first-order chi connectivity index (χ1) is 8.40. The maximum absolute atomic E-state index is 11.3. The summed E-state index contributed by atoms with van der Waals surface area (Å²) in [5, 5.41) is 15.7. The normalized spacial score (nSPS) is 9.39. The van der Waals surface area contributed by atoms with Crippen LogP contribution in [0.3, 0.4) is 0 Å². The molecule has 94 valence electrons. The standard InChI is InChI=1S/C11H11N3O3S/c1-7(2)10(15)13-11(18)12-8-3-5-9(6-4-8)14(16)17/h3-6H,1H2,2H3,(H2,12,13,15,18). The third-order valence-corrected chi connectivity index (χ3v) is 2.15. The largest absolute Gasteiger partial charge is 0.332 e. The molecular weight excluding hydrogens is 254 g/mol. The Morgan fingerprint density at radius 1 is 1.39 bits per heavy atom. The first-order valence-corrected chi connectivity index (χ1v) is 5.33. The van der Waals surface area contributed by atoms with Gasteiger partial charge in [-0.2, -0.15) is 0 Å². The van der Waals surface area contributed by atoms with E-state index in [0.29, 0.717) is 11.3 Å². The molecule has 0 aliphatic carbocycles. The number of amides is 1.